The summed E-state index contributed by atoms with van der Waals surface area (Å²) in [5.74, 6) is 0.0897. The van der Waals surface area contributed by atoms with Crippen LogP contribution in [0.3, 0.4) is 0 Å². The molecule has 9 heteroatoms. The van der Waals surface area contributed by atoms with E-state index in [1.807, 2.05) is 0 Å². The molecule has 1 atom stereocenters. The number of nitrogens with one attached hydrogen (secondary N) is 2. The SMILES string of the molecule is Cc1c(-c2ncco2)sc2[nH]c(=O)n([C@H]3CCNC3=O)c(=O)c12. The van der Waals surface area contributed by atoms with Crippen molar-refractivity contribution < 1.29 is 9.21 Å². The van der Waals surface area contributed by atoms with Crippen LogP contribution in [0.2, 0.25) is 0 Å². The van der Waals surface area contributed by atoms with E-state index in [0.29, 0.717) is 39.5 Å². The summed E-state index contributed by atoms with van der Waals surface area (Å²) >= 11 is 1.24. The molecule has 1 amide bonds. The van der Waals surface area contributed by atoms with Crippen molar-refractivity contribution >= 4 is 27.5 Å². The van der Waals surface area contributed by atoms with E-state index in [4.69, 9.17) is 4.42 Å². The number of aromatic nitrogens is 3. The number of hydrogen-bond donors (Lipinski definition) is 2. The first-order valence-electron chi connectivity index (χ1n) is 7.03. The fraction of sp³-hybridized carbons (Fsp3) is 0.286. The Labute approximate surface area is 132 Å². The van der Waals surface area contributed by atoms with Crippen LogP contribution in [0.4, 0.5) is 0 Å². The van der Waals surface area contributed by atoms with Crippen molar-refractivity contribution in [3.8, 4) is 10.8 Å². The molecule has 1 aliphatic heterocycles. The molecule has 0 spiro atoms. The van der Waals surface area contributed by atoms with Crippen LogP contribution in [0.1, 0.15) is 18.0 Å². The summed E-state index contributed by atoms with van der Waals surface area (Å²) in [6.45, 7) is 2.23. The van der Waals surface area contributed by atoms with Crippen LogP contribution < -0.4 is 16.6 Å². The molecule has 4 heterocycles. The van der Waals surface area contributed by atoms with E-state index in [9.17, 15) is 14.4 Å². The third-order valence-corrected chi connectivity index (χ3v) is 5.17. The normalized spacial score (nSPS) is 17.8. The topological polar surface area (TPSA) is 110 Å². The van der Waals surface area contributed by atoms with Gasteiger partial charge < -0.3 is 9.73 Å². The van der Waals surface area contributed by atoms with E-state index < -0.39 is 17.3 Å². The number of aryl methyl sites for hydroxylation is 1. The predicted octanol–water partition coefficient (Wildman–Crippen LogP) is 0.776. The quantitative estimate of drug-likeness (QED) is 0.720. The number of oxazole rings is 1. The summed E-state index contributed by atoms with van der Waals surface area (Å²) in [6, 6.07) is -0.764. The number of thiophene rings is 1. The van der Waals surface area contributed by atoms with Gasteiger partial charge in [0.1, 0.15) is 17.1 Å². The molecule has 23 heavy (non-hydrogen) atoms. The highest BCUT2D eigenvalue weighted by Gasteiger charge is 2.30. The van der Waals surface area contributed by atoms with Gasteiger partial charge in [-0.05, 0) is 18.9 Å². The number of H-pyrrole nitrogens is 1. The molecule has 1 aliphatic rings. The van der Waals surface area contributed by atoms with Crippen molar-refractivity contribution in [1.82, 2.24) is 19.9 Å². The maximum Gasteiger partial charge on any atom is 0.330 e. The van der Waals surface area contributed by atoms with E-state index in [0.717, 1.165) is 4.57 Å². The van der Waals surface area contributed by atoms with E-state index in [2.05, 4.69) is 15.3 Å². The number of amides is 1. The first-order valence-corrected chi connectivity index (χ1v) is 7.85. The Kier molecular flexibility index (Phi) is 2.98. The highest BCUT2D eigenvalue weighted by molar-refractivity contribution is 7.22. The second-order valence-corrected chi connectivity index (χ2v) is 6.32. The highest BCUT2D eigenvalue weighted by Crippen LogP contribution is 2.34. The summed E-state index contributed by atoms with van der Waals surface area (Å²) in [5, 5.41) is 3.03. The number of carbonyl (C=O) groups excluding carboxylic acids is 1. The Bertz CT molecular complexity index is 1030. The van der Waals surface area contributed by atoms with Crippen molar-refractivity contribution in [2.75, 3.05) is 6.54 Å². The smallest absolute Gasteiger partial charge is 0.330 e. The summed E-state index contributed by atoms with van der Waals surface area (Å²) in [6.07, 6.45) is 3.38. The van der Waals surface area contributed by atoms with Gasteiger partial charge in [-0.2, -0.15) is 0 Å². The number of fused-ring (bicyclic) bond motifs is 1. The lowest BCUT2D eigenvalue weighted by Crippen LogP contribution is -2.40. The van der Waals surface area contributed by atoms with Crippen LogP contribution in [0.5, 0.6) is 0 Å². The third-order valence-electron chi connectivity index (χ3n) is 3.98. The van der Waals surface area contributed by atoms with Crippen molar-refractivity contribution in [2.45, 2.75) is 19.4 Å². The molecular weight excluding hydrogens is 320 g/mol. The van der Waals surface area contributed by atoms with Crippen molar-refractivity contribution in [3.63, 3.8) is 0 Å². The fourth-order valence-corrected chi connectivity index (χ4v) is 4.01. The second kappa shape index (κ2) is 4.92. The van der Waals surface area contributed by atoms with Gasteiger partial charge in [0.15, 0.2) is 0 Å². The zero-order chi connectivity index (χ0) is 16.1. The third kappa shape index (κ3) is 1.96. The van der Waals surface area contributed by atoms with Crippen molar-refractivity contribution in [2.24, 2.45) is 0 Å². The monoisotopic (exact) mass is 332 g/mol. The lowest BCUT2D eigenvalue weighted by Gasteiger charge is -2.09. The molecule has 3 aromatic heterocycles. The first-order chi connectivity index (χ1) is 11.1. The predicted molar refractivity (Wildman–Crippen MR) is 83.6 cm³/mol. The Balaban J connectivity index is 2.01. The van der Waals surface area contributed by atoms with Gasteiger partial charge >= 0.3 is 5.69 Å². The van der Waals surface area contributed by atoms with E-state index >= 15 is 0 Å². The molecular formula is C14H12N4O4S. The Morgan fingerprint density at radius 1 is 1.39 bits per heavy atom. The number of rotatable bonds is 2. The molecule has 4 rings (SSSR count). The first kappa shape index (κ1) is 13.9. The molecule has 0 bridgehead atoms. The zero-order valence-electron chi connectivity index (χ0n) is 12.1. The summed E-state index contributed by atoms with van der Waals surface area (Å²) in [4.78, 5) is 44.9. The van der Waals surface area contributed by atoms with Crippen LogP contribution in [0, 0.1) is 6.92 Å². The minimum absolute atomic E-state index is 0.308. The lowest BCUT2D eigenvalue weighted by atomic mass is 10.2. The van der Waals surface area contributed by atoms with Gasteiger partial charge in [-0.1, -0.05) is 0 Å². The second-order valence-electron chi connectivity index (χ2n) is 5.30. The van der Waals surface area contributed by atoms with Gasteiger partial charge in [0.25, 0.3) is 5.56 Å². The van der Waals surface area contributed by atoms with Crippen LogP contribution in [0.25, 0.3) is 21.0 Å². The van der Waals surface area contributed by atoms with Crippen LogP contribution in [0.15, 0.2) is 26.5 Å². The summed E-state index contributed by atoms with van der Waals surface area (Å²) in [5.41, 5.74) is -0.358. The molecule has 3 aromatic rings. The molecule has 0 unspecified atom stereocenters. The minimum atomic E-state index is -0.764. The molecule has 0 aliphatic carbocycles. The molecule has 1 saturated heterocycles. The standard InChI is InChI=1S/C14H12N4O4S/c1-6-8-12(23-9(6)11-16-4-5-22-11)17-14(21)18(13(8)20)7-2-3-15-10(7)19/h4-5,7H,2-3H2,1H3,(H,15,19)(H,17,21)/t7-/m0/s1. The van der Waals surface area contributed by atoms with Gasteiger partial charge in [-0.3, -0.25) is 14.6 Å². The lowest BCUT2D eigenvalue weighted by molar-refractivity contribution is -0.122. The molecule has 0 saturated carbocycles. The van der Waals surface area contributed by atoms with Crippen LogP contribution in [-0.4, -0.2) is 27.0 Å². The molecule has 8 nitrogen and oxygen atoms in total. The van der Waals surface area contributed by atoms with Gasteiger partial charge in [-0.15, -0.1) is 11.3 Å². The van der Waals surface area contributed by atoms with Crippen molar-refractivity contribution in [1.29, 1.82) is 0 Å². The molecule has 1 fully saturated rings. The Morgan fingerprint density at radius 3 is 2.87 bits per heavy atom. The van der Waals surface area contributed by atoms with Crippen molar-refractivity contribution in [3.05, 3.63) is 38.9 Å². The number of nitrogens with zero attached hydrogens (tertiary/aromatic N) is 2. The fourth-order valence-electron chi connectivity index (χ4n) is 2.88. The van der Waals surface area contributed by atoms with Gasteiger partial charge in [0.2, 0.25) is 11.8 Å². The molecule has 0 aromatic carbocycles. The minimum Gasteiger partial charge on any atom is -0.444 e. The number of carbonyl (C=O) groups is 1. The molecule has 0 radical (unpaired) electrons. The van der Waals surface area contributed by atoms with E-state index in [1.54, 1.807) is 6.92 Å². The van der Waals surface area contributed by atoms with Crippen LogP contribution in [-0.2, 0) is 4.79 Å². The maximum atomic E-state index is 12.8. The number of hydrogen-bond acceptors (Lipinski definition) is 6. The van der Waals surface area contributed by atoms with E-state index in [-0.39, 0.29) is 5.91 Å². The highest BCUT2D eigenvalue weighted by atomic mass is 32.1. The van der Waals surface area contributed by atoms with Gasteiger partial charge in [-0.25, -0.2) is 14.3 Å². The number of aromatic amines is 1. The maximum absolute atomic E-state index is 12.8. The Morgan fingerprint density at radius 2 is 2.22 bits per heavy atom. The summed E-state index contributed by atoms with van der Waals surface area (Å²) in [7, 11) is 0. The summed E-state index contributed by atoms with van der Waals surface area (Å²) < 4.78 is 6.29. The van der Waals surface area contributed by atoms with Crippen LogP contribution >= 0.6 is 11.3 Å². The van der Waals surface area contributed by atoms with Gasteiger partial charge in [0.05, 0.1) is 16.5 Å². The van der Waals surface area contributed by atoms with E-state index in [1.165, 1.54) is 23.8 Å². The Hall–Kier alpha value is -2.68. The average Bonchev–Trinajstić information content (AvgIpc) is 3.21. The van der Waals surface area contributed by atoms with Gasteiger partial charge in [0, 0.05) is 6.54 Å². The molecule has 118 valence electrons. The average molecular weight is 332 g/mol. The zero-order valence-corrected chi connectivity index (χ0v) is 12.9. The largest absolute Gasteiger partial charge is 0.444 e. The molecule has 2 N–H and O–H groups in total.